The van der Waals surface area contributed by atoms with Crippen LogP contribution in [0.2, 0.25) is 0 Å². The molecule has 0 heterocycles. The quantitative estimate of drug-likeness (QED) is 0.741. The highest BCUT2D eigenvalue weighted by Crippen LogP contribution is 2.15. The average molecular weight is 232 g/mol. The van der Waals surface area contributed by atoms with Crippen molar-refractivity contribution in [2.75, 3.05) is 0 Å². The van der Waals surface area contributed by atoms with Gasteiger partial charge in [0.15, 0.2) is 0 Å². The van der Waals surface area contributed by atoms with Crippen molar-refractivity contribution in [3.05, 3.63) is 70.8 Å². The van der Waals surface area contributed by atoms with Gasteiger partial charge in [-0.15, -0.1) is 0 Å². The van der Waals surface area contributed by atoms with E-state index < -0.39 is 11.6 Å². The highest BCUT2D eigenvalue weighted by molar-refractivity contribution is 5.74. The molecule has 0 saturated carbocycles. The average Bonchev–Trinajstić information content (AvgIpc) is 2.34. The van der Waals surface area contributed by atoms with E-state index >= 15 is 0 Å². The zero-order valence-electron chi connectivity index (χ0n) is 8.99. The Morgan fingerprint density at radius 3 is 2.29 bits per heavy atom. The first-order chi connectivity index (χ1) is 8.19. The van der Waals surface area contributed by atoms with Crippen LogP contribution in [0.15, 0.2) is 42.5 Å². The molecule has 0 unspecified atom stereocenters. The van der Waals surface area contributed by atoms with Gasteiger partial charge in [0.1, 0.15) is 17.9 Å². The van der Waals surface area contributed by atoms with Gasteiger partial charge in [0, 0.05) is 18.1 Å². The summed E-state index contributed by atoms with van der Waals surface area (Å²) in [5.74, 6) is -1.13. The van der Waals surface area contributed by atoms with Crippen molar-refractivity contribution in [2.45, 2.75) is 6.42 Å². The Hall–Kier alpha value is -2.03. The van der Waals surface area contributed by atoms with Gasteiger partial charge < -0.3 is 0 Å². The van der Waals surface area contributed by atoms with Crippen LogP contribution in [-0.2, 0) is 6.42 Å². The summed E-state index contributed by atoms with van der Waals surface area (Å²) >= 11 is 0. The molecule has 0 bridgehead atoms. The van der Waals surface area contributed by atoms with Gasteiger partial charge in [0.25, 0.3) is 0 Å². The number of hydrogen-bond acceptors (Lipinski definition) is 1. The molecule has 0 aliphatic heterocycles. The fourth-order valence-corrected chi connectivity index (χ4v) is 1.60. The van der Waals surface area contributed by atoms with Crippen molar-refractivity contribution >= 4 is 6.29 Å². The van der Waals surface area contributed by atoms with Gasteiger partial charge in [-0.1, -0.05) is 30.3 Å². The summed E-state index contributed by atoms with van der Waals surface area (Å²) in [6, 6.07) is 10.4. The second kappa shape index (κ2) is 4.87. The topological polar surface area (TPSA) is 17.1 Å². The summed E-state index contributed by atoms with van der Waals surface area (Å²) in [4.78, 5) is 10.5. The van der Waals surface area contributed by atoms with Crippen LogP contribution in [0.4, 0.5) is 8.78 Å². The molecule has 0 radical (unpaired) electrons. The normalized spacial score (nSPS) is 10.2. The number of halogens is 2. The van der Waals surface area contributed by atoms with Crippen LogP contribution in [0.5, 0.6) is 0 Å². The fraction of sp³-hybridized carbons (Fsp3) is 0.0714. The minimum atomic E-state index is -0.581. The van der Waals surface area contributed by atoms with Crippen molar-refractivity contribution < 1.29 is 13.6 Å². The highest BCUT2D eigenvalue weighted by atomic mass is 19.1. The monoisotopic (exact) mass is 232 g/mol. The van der Waals surface area contributed by atoms with E-state index in [-0.39, 0.29) is 0 Å². The van der Waals surface area contributed by atoms with Gasteiger partial charge in [0.2, 0.25) is 0 Å². The van der Waals surface area contributed by atoms with Crippen LogP contribution in [-0.4, -0.2) is 6.29 Å². The Balaban J connectivity index is 2.22. The van der Waals surface area contributed by atoms with Gasteiger partial charge in [-0.3, -0.25) is 4.79 Å². The van der Waals surface area contributed by atoms with E-state index in [0.717, 1.165) is 17.9 Å². The van der Waals surface area contributed by atoms with Crippen molar-refractivity contribution in [1.29, 1.82) is 0 Å². The molecular weight excluding hydrogens is 222 g/mol. The number of carbonyl (C=O) groups is 1. The lowest BCUT2D eigenvalue weighted by Crippen LogP contribution is -1.94. The zero-order valence-corrected chi connectivity index (χ0v) is 8.99. The number of aldehydes is 1. The minimum Gasteiger partial charge on any atom is -0.298 e. The predicted octanol–water partition coefficient (Wildman–Crippen LogP) is 3.37. The standard InChI is InChI=1S/C14H10F2O/c15-13-6-5-12(14(16)8-13)7-10-1-3-11(9-17)4-2-10/h1-6,8-9H,7H2. The number of rotatable bonds is 3. The second-order valence-corrected chi connectivity index (χ2v) is 3.77. The molecule has 0 amide bonds. The van der Waals surface area contributed by atoms with Crippen LogP contribution in [0.1, 0.15) is 21.5 Å². The molecule has 0 aromatic heterocycles. The summed E-state index contributed by atoms with van der Waals surface area (Å²) in [7, 11) is 0. The van der Waals surface area contributed by atoms with Gasteiger partial charge in [0.05, 0.1) is 0 Å². The zero-order chi connectivity index (χ0) is 12.3. The van der Waals surface area contributed by atoms with Crippen molar-refractivity contribution in [3.8, 4) is 0 Å². The molecule has 0 aliphatic rings. The smallest absolute Gasteiger partial charge is 0.150 e. The molecule has 17 heavy (non-hydrogen) atoms. The van der Waals surface area contributed by atoms with E-state index in [4.69, 9.17) is 0 Å². The van der Waals surface area contributed by atoms with E-state index in [2.05, 4.69) is 0 Å². The Morgan fingerprint density at radius 1 is 1.00 bits per heavy atom. The lowest BCUT2D eigenvalue weighted by atomic mass is 10.0. The molecule has 0 aliphatic carbocycles. The van der Waals surface area contributed by atoms with E-state index in [1.165, 1.54) is 12.1 Å². The van der Waals surface area contributed by atoms with E-state index in [0.29, 0.717) is 17.5 Å². The Bertz CT molecular complexity index is 532. The number of benzene rings is 2. The Morgan fingerprint density at radius 2 is 1.71 bits per heavy atom. The molecule has 86 valence electrons. The molecule has 2 aromatic rings. The van der Waals surface area contributed by atoms with Gasteiger partial charge in [-0.2, -0.15) is 0 Å². The fourth-order valence-electron chi connectivity index (χ4n) is 1.60. The molecule has 0 N–H and O–H groups in total. The maximum Gasteiger partial charge on any atom is 0.150 e. The van der Waals surface area contributed by atoms with Crippen LogP contribution in [0.25, 0.3) is 0 Å². The van der Waals surface area contributed by atoms with E-state index in [1.807, 2.05) is 0 Å². The van der Waals surface area contributed by atoms with Crippen LogP contribution in [0, 0.1) is 11.6 Å². The molecule has 2 rings (SSSR count). The third kappa shape index (κ3) is 2.75. The number of carbonyl (C=O) groups excluding carboxylic acids is 1. The van der Waals surface area contributed by atoms with Crippen molar-refractivity contribution in [1.82, 2.24) is 0 Å². The summed E-state index contributed by atoms with van der Waals surface area (Å²) in [6.07, 6.45) is 1.13. The molecule has 0 saturated heterocycles. The molecular formula is C14H10F2O. The first-order valence-electron chi connectivity index (χ1n) is 5.17. The minimum absolute atomic E-state index is 0.380. The summed E-state index contributed by atoms with van der Waals surface area (Å²) in [5, 5.41) is 0. The highest BCUT2D eigenvalue weighted by Gasteiger charge is 2.04. The molecule has 0 atom stereocenters. The Kier molecular flexibility index (Phi) is 3.28. The van der Waals surface area contributed by atoms with Gasteiger partial charge in [-0.05, 0) is 17.2 Å². The first kappa shape index (κ1) is 11.5. The largest absolute Gasteiger partial charge is 0.298 e. The van der Waals surface area contributed by atoms with Crippen molar-refractivity contribution in [2.24, 2.45) is 0 Å². The second-order valence-electron chi connectivity index (χ2n) is 3.77. The SMILES string of the molecule is O=Cc1ccc(Cc2ccc(F)cc2F)cc1. The molecule has 3 heteroatoms. The lowest BCUT2D eigenvalue weighted by Gasteiger charge is -2.04. The third-order valence-electron chi connectivity index (χ3n) is 2.53. The van der Waals surface area contributed by atoms with E-state index in [1.54, 1.807) is 24.3 Å². The molecule has 0 spiro atoms. The summed E-state index contributed by atoms with van der Waals surface area (Å²) in [6.45, 7) is 0. The lowest BCUT2D eigenvalue weighted by molar-refractivity contribution is 0.112. The Labute approximate surface area is 97.7 Å². The number of hydrogen-bond donors (Lipinski definition) is 0. The van der Waals surface area contributed by atoms with Gasteiger partial charge in [-0.25, -0.2) is 8.78 Å². The van der Waals surface area contributed by atoms with Crippen LogP contribution >= 0.6 is 0 Å². The summed E-state index contributed by atoms with van der Waals surface area (Å²) in [5.41, 5.74) is 1.89. The maximum absolute atomic E-state index is 13.4. The summed E-state index contributed by atoms with van der Waals surface area (Å²) < 4.78 is 26.1. The van der Waals surface area contributed by atoms with Crippen molar-refractivity contribution in [3.63, 3.8) is 0 Å². The molecule has 0 fully saturated rings. The third-order valence-corrected chi connectivity index (χ3v) is 2.53. The maximum atomic E-state index is 13.4. The van der Waals surface area contributed by atoms with Crippen LogP contribution in [0.3, 0.4) is 0 Å². The first-order valence-corrected chi connectivity index (χ1v) is 5.17. The van der Waals surface area contributed by atoms with Gasteiger partial charge >= 0.3 is 0 Å². The molecule has 1 nitrogen and oxygen atoms in total. The van der Waals surface area contributed by atoms with Crippen LogP contribution < -0.4 is 0 Å². The van der Waals surface area contributed by atoms with E-state index in [9.17, 15) is 13.6 Å². The predicted molar refractivity (Wildman–Crippen MR) is 61.0 cm³/mol. The molecule has 2 aromatic carbocycles.